The van der Waals surface area contributed by atoms with Crippen LogP contribution in [0, 0.1) is 0 Å². The first kappa shape index (κ1) is 18.5. The Morgan fingerprint density at radius 1 is 1.13 bits per heavy atom. The van der Waals surface area contributed by atoms with Crippen molar-refractivity contribution >= 4 is 11.4 Å². The molecular weight excluding hydrogens is 374 g/mol. The number of anilines is 2. The van der Waals surface area contributed by atoms with Crippen LogP contribution in [0.3, 0.4) is 0 Å². The first-order chi connectivity index (χ1) is 14.7. The quantitative estimate of drug-likeness (QED) is 0.847. The fourth-order valence-corrected chi connectivity index (χ4v) is 6.20. The Morgan fingerprint density at radius 2 is 2.03 bits per heavy atom. The zero-order valence-electron chi connectivity index (χ0n) is 17.8. The number of hydrogen-bond acceptors (Lipinski definition) is 5. The molecule has 158 valence electrons. The van der Waals surface area contributed by atoms with E-state index in [2.05, 4.69) is 58.1 Å². The van der Waals surface area contributed by atoms with Crippen LogP contribution in [0.4, 0.5) is 11.4 Å². The van der Waals surface area contributed by atoms with E-state index in [1.165, 1.54) is 28.9 Å². The maximum atomic E-state index is 10.9. The third-order valence-electron chi connectivity index (χ3n) is 7.60. The molecule has 0 aromatic heterocycles. The molecule has 5 heteroatoms. The molecule has 1 N–H and O–H groups in total. The topological polar surface area (TPSA) is 39.2 Å². The van der Waals surface area contributed by atoms with E-state index in [0.717, 1.165) is 57.1 Å². The standard InChI is InChI=1S/C25H31N3O2/c1-26-11-12-28-22-8-10-27(16-21(22)20-6-3-7-23(26)24(20)28)15-19(29)14-18-5-2-4-17-9-13-30-25(17)18/h2-7,19,21-22,29H,8-16H2,1H3/t19?,21-,22-/m0/s1. The molecule has 1 saturated heterocycles. The van der Waals surface area contributed by atoms with Crippen LogP contribution in [0.1, 0.15) is 29.0 Å². The van der Waals surface area contributed by atoms with Crippen molar-refractivity contribution in [3.05, 3.63) is 53.1 Å². The predicted molar refractivity (Wildman–Crippen MR) is 120 cm³/mol. The minimum Gasteiger partial charge on any atom is -0.493 e. The molecule has 1 fully saturated rings. The number of rotatable bonds is 4. The first-order valence-electron chi connectivity index (χ1n) is 11.4. The third kappa shape index (κ3) is 2.90. The fourth-order valence-electron chi connectivity index (χ4n) is 6.20. The number of ether oxygens (including phenoxy) is 1. The highest BCUT2D eigenvalue weighted by molar-refractivity contribution is 5.80. The van der Waals surface area contributed by atoms with Gasteiger partial charge in [0.2, 0.25) is 0 Å². The minimum atomic E-state index is -0.359. The smallest absolute Gasteiger partial charge is 0.125 e. The molecular formula is C25H31N3O2. The van der Waals surface area contributed by atoms with Gasteiger partial charge in [-0.2, -0.15) is 0 Å². The molecule has 4 aliphatic rings. The van der Waals surface area contributed by atoms with E-state index in [4.69, 9.17) is 4.74 Å². The second kappa shape index (κ2) is 7.17. The Labute approximate surface area is 178 Å². The molecule has 2 aromatic carbocycles. The van der Waals surface area contributed by atoms with Crippen LogP contribution >= 0.6 is 0 Å². The van der Waals surface area contributed by atoms with Gasteiger partial charge in [-0.05, 0) is 29.2 Å². The van der Waals surface area contributed by atoms with Gasteiger partial charge in [-0.1, -0.05) is 30.3 Å². The summed E-state index contributed by atoms with van der Waals surface area (Å²) in [6.45, 7) is 5.85. The number of benzene rings is 2. The maximum Gasteiger partial charge on any atom is 0.125 e. The lowest BCUT2D eigenvalue weighted by atomic mass is 9.88. The Hall–Kier alpha value is -2.24. The highest BCUT2D eigenvalue weighted by Gasteiger charge is 2.44. The Balaban J connectivity index is 1.17. The summed E-state index contributed by atoms with van der Waals surface area (Å²) in [5.74, 6) is 1.57. The second-order valence-electron chi connectivity index (χ2n) is 9.41. The van der Waals surface area contributed by atoms with Crippen molar-refractivity contribution in [2.24, 2.45) is 0 Å². The van der Waals surface area contributed by atoms with Gasteiger partial charge in [-0.15, -0.1) is 0 Å². The van der Waals surface area contributed by atoms with Gasteiger partial charge < -0.3 is 19.6 Å². The average Bonchev–Trinajstić information content (AvgIpc) is 3.35. The van der Waals surface area contributed by atoms with Gasteiger partial charge in [-0.3, -0.25) is 4.90 Å². The molecule has 1 unspecified atom stereocenters. The zero-order valence-corrected chi connectivity index (χ0v) is 17.8. The van der Waals surface area contributed by atoms with E-state index in [1.807, 2.05) is 0 Å². The van der Waals surface area contributed by atoms with Gasteiger partial charge in [0.25, 0.3) is 0 Å². The van der Waals surface area contributed by atoms with Crippen LogP contribution < -0.4 is 14.5 Å². The molecule has 0 aliphatic carbocycles. The van der Waals surface area contributed by atoms with Gasteiger partial charge in [0, 0.05) is 64.6 Å². The van der Waals surface area contributed by atoms with Crippen molar-refractivity contribution < 1.29 is 9.84 Å². The Bertz CT molecular complexity index is 961. The molecule has 2 aromatic rings. The van der Waals surface area contributed by atoms with Crippen molar-refractivity contribution in [2.75, 3.05) is 56.2 Å². The Morgan fingerprint density at radius 3 is 2.97 bits per heavy atom. The molecule has 5 nitrogen and oxygen atoms in total. The number of aliphatic hydroxyl groups excluding tert-OH is 1. The summed E-state index contributed by atoms with van der Waals surface area (Å²) in [4.78, 5) is 7.56. The fraction of sp³-hybridized carbons (Fsp3) is 0.520. The molecule has 0 radical (unpaired) electrons. The van der Waals surface area contributed by atoms with Gasteiger partial charge in [-0.25, -0.2) is 0 Å². The van der Waals surface area contributed by atoms with E-state index in [-0.39, 0.29) is 6.10 Å². The summed E-state index contributed by atoms with van der Waals surface area (Å²) in [5, 5.41) is 10.9. The maximum absolute atomic E-state index is 10.9. The molecule has 4 aliphatic heterocycles. The van der Waals surface area contributed by atoms with Crippen LogP contribution in [0.5, 0.6) is 5.75 Å². The van der Waals surface area contributed by atoms with E-state index in [9.17, 15) is 5.11 Å². The van der Waals surface area contributed by atoms with Crippen LogP contribution in [-0.4, -0.2) is 68.5 Å². The predicted octanol–water partition coefficient (Wildman–Crippen LogP) is 2.65. The van der Waals surface area contributed by atoms with E-state index >= 15 is 0 Å². The van der Waals surface area contributed by atoms with Gasteiger partial charge in [0.1, 0.15) is 5.75 Å². The first-order valence-corrected chi connectivity index (χ1v) is 11.4. The summed E-state index contributed by atoms with van der Waals surface area (Å²) in [6.07, 6.45) is 2.48. The summed E-state index contributed by atoms with van der Waals surface area (Å²) in [5.41, 5.74) is 6.81. The molecule has 0 saturated carbocycles. The normalized spacial score (nSPS) is 25.5. The van der Waals surface area contributed by atoms with Crippen LogP contribution in [0.25, 0.3) is 0 Å². The van der Waals surface area contributed by atoms with Gasteiger partial charge >= 0.3 is 0 Å². The number of aliphatic hydroxyl groups is 1. The lowest BCUT2D eigenvalue weighted by Crippen LogP contribution is -2.50. The van der Waals surface area contributed by atoms with Crippen LogP contribution in [0.15, 0.2) is 36.4 Å². The van der Waals surface area contributed by atoms with E-state index in [0.29, 0.717) is 18.4 Å². The highest BCUT2D eigenvalue weighted by atomic mass is 16.5. The van der Waals surface area contributed by atoms with Crippen molar-refractivity contribution in [3.63, 3.8) is 0 Å². The number of piperidine rings is 1. The zero-order chi connectivity index (χ0) is 20.2. The van der Waals surface area contributed by atoms with Crippen LogP contribution in [-0.2, 0) is 12.8 Å². The lowest BCUT2D eigenvalue weighted by Gasteiger charge is -2.42. The number of nitrogens with zero attached hydrogens (tertiary/aromatic N) is 3. The molecule has 30 heavy (non-hydrogen) atoms. The molecule has 0 spiro atoms. The minimum absolute atomic E-state index is 0.359. The van der Waals surface area contributed by atoms with Gasteiger partial charge in [0.05, 0.1) is 24.1 Å². The van der Waals surface area contributed by atoms with E-state index < -0.39 is 0 Å². The van der Waals surface area contributed by atoms with E-state index in [1.54, 1.807) is 0 Å². The second-order valence-corrected chi connectivity index (χ2v) is 9.41. The monoisotopic (exact) mass is 405 g/mol. The van der Waals surface area contributed by atoms with Crippen molar-refractivity contribution in [3.8, 4) is 5.75 Å². The van der Waals surface area contributed by atoms with Crippen molar-refractivity contribution in [1.82, 2.24) is 4.90 Å². The van der Waals surface area contributed by atoms with Gasteiger partial charge in [0.15, 0.2) is 0 Å². The summed E-state index contributed by atoms with van der Waals surface area (Å²) in [7, 11) is 2.21. The third-order valence-corrected chi connectivity index (χ3v) is 7.60. The summed E-state index contributed by atoms with van der Waals surface area (Å²) in [6, 6.07) is 13.8. The number of β-amino-alcohol motifs (C(OH)–C–C–N with tert-alkyl or cyclic N) is 1. The molecule has 0 bridgehead atoms. The summed E-state index contributed by atoms with van der Waals surface area (Å²) < 4.78 is 5.83. The number of hydrogen-bond donors (Lipinski definition) is 1. The Kier molecular flexibility index (Phi) is 4.43. The number of para-hydroxylation sites is 2. The lowest BCUT2D eigenvalue weighted by molar-refractivity contribution is 0.0913. The molecule has 3 atom stereocenters. The molecule has 6 rings (SSSR count). The average molecular weight is 406 g/mol. The van der Waals surface area contributed by atoms with Crippen LogP contribution in [0.2, 0.25) is 0 Å². The number of likely N-dealkylation sites (tertiary alicyclic amines) is 1. The van der Waals surface area contributed by atoms with Crippen molar-refractivity contribution in [1.29, 1.82) is 0 Å². The number of fused-ring (bicyclic) bond motifs is 4. The summed E-state index contributed by atoms with van der Waals surface area (Å²) >= 11 is 0. The number of likely N-dealkylation sites (N-methyl/N-ethyl adjacent to an activating group) is 1. The molecule has 0 amide bonds. The molecule has 4 heterocycles. The highest BCUT2D eigenvalue weighted by Crippen LogP contribution is 2.50. The SMILES string of the molecule is CN1CCN2c3c(cccc31)[C@@H]1CN(CC(O)Cc3cccc4c3OCC4)CC[C@@H]12. The van der Waals surface area contributed by atoms with Crippen molar-refractivity contribution in [2.45, 2.75) is 37.3 Å². The largest absolute Gasteiger partial charge is 0.493 e.